The molecular formula is C24H22O4. The van der Waals surface area contributed by atoms with Crippen LogP contribution in [0.25, 0.3) is 11.1 Å². The maximum absolute atomic E-state index is 12.3. The normalized spacial score (nSPS) is 10.5. The Morgan fingerprint density at radius 2 is 1.32 bits per heavy atom. The summed E-state index contributed by atoms with van der Waals surface area (Å²) in [6.45, 7) is 2.15. The van der Waals surface area contributed by atoms with Crippen molar-refractivity contribution in [2.24, 2.45) is 0 Å². The highest BCUT2D eigenvalue weighted by atomic mass is 16.5. The van der Waals surface area contributed by atoms with Crippen LogP contribution in [0, 0.1) is 0 Å². The summed E-state index contributed by atoms with van der Waals surface area (Å²) >= 11 is 0. The SMILES string of the molecule is CCCCc1ccc(C(=O)Oc2ccc(-c3ccc(C(=O)O)cc3)cc2)cc1. The first-order chi connectivity index (χ1) is 13.6. The van der Waals surface area contributed by atoms with Crippen LogP contribution in [-0.4, -0.2) is 17.0 Å². The number of carboxylic acids is 1. The maximum atomic E-state index is 12.3. The second-order valence-corrected chi connectivity index (χ2v) is 6.60. The van der Waals surface area contributed by atoms with E-state index < -0.39 is 5.97 Å². The predicted molar refractivity (Wildman–Crippen MR) is 109 cm³/mol. The fourth-order valence-electron chi connectivity index (χ4n) is 2.88. The van der Waals surface area contributed by atoms with Gasteiger partial charge in [0.2, 0.25) is 0 Å². The molecule has 0 radical (unpaired) electrons. The molecule has 0 aliphatic carbocycles. The lowest BCUT2D eigenvalue weighted by atomic mass is 10.0. The van der Waals surface area contributed by atoms with Gasteiger partial charge in [0.25, 0.3) is 0 Å². The summed E-state index contributed by atoms with van der Waals surface area (Å²) in [5, 5.41) is 8.97. The van der Waals surface area contributed by atoms with Crippen LogP contribution in [0.5, 0.6) is 5.75 Å². The van der Waals surface area contributed by atoms with Crippen molar-refractivity contribution >= 4 is 11.9 Å². The van der Waals surface area contributed by atoms with Gasteiger partial charge >= 0.3 is 11.9 Å². The van der Waals surface area contributed by atoms with Gasteiger partial charge in [-0.2, -0.15) is 0 Å². The third-order valence-electron chi connectivity index (χ3n) is 4.54. The number of aryl methyl sites for hydroxylation is 1. The number of ether oxygens (including phenoxy) is 1. The third-order valence-corrected chi connectivity index (χ3v) is 4.54. The summed E-state index contributed by atoms with van der Waals surface area (Å²) in [5.41, 5.74) is 3.79. The molecule has 0 unspecified atom stereocenters. The monoisotopic (exact) mass is 374 g/mol. The van der Waals surface area contributed by atoms with E-state index in [1.54, 1.807) is 48.5 Å². The van der Waals surface area contributed by atoms with E-state index in [-0.39, 0.29) is 11.5 Å². The summed E-state index contributed by atoms with van der Waals surface area (Å²) in [6.07, 6.45) is 3.29. The van der Waals surface area contributed by atoms with Crippen LogP contribution >= 0.6 is 0 Å². The highest BCUT2D eigenvalue weighted by molar-refractivity contribution is 5.91. The smallest absolute Gasteiger partial charge is 0.343 e. The molecule has 0 aliphatic heterocycles. The molecule has 0 saturated heterocycles. The highest BCUT2D eigenvalue weighted by Gasteiger charge is 2.09. The number of hydrogen-bond donors (Lipinski definition) is 1. The van der Waals surface area contributed by atoms with Crippen molar-refractivity contribution < 1.29 is 19.4 Å². The van der Waals surface area contributed by atoms with Crippen LogP contribution in [0.15, 0.2) is 72.8 Å². The molecule has 4 nitrogen and oxygen atoms in total. The maximum Gasteiger partial charge on any atom is 0.343 e. The van der Waals surface area contributed by atoms with Gasteiger partial charge in [-0.05, 0) is 65.9 Å². The number of carbonyl (C=O) groups excluding carboxylic acids is 1. The molecule has 3 rings (SSSR count). The molecule has 0 aromatic heterocycles. The Balaban J connectivity index is 1.65. The van der Waals surface area contributed by atoms with E-state index in [1.165, 1.54) is 5.56 Å². The van der Waals surface area contributed by atoms with Crippen molar-refractivity contribution in [2.75, 3.05) is 0 Å². The number of esters is 1. The predicted octanol–water partition coefficient (Wildman–Crippen LogP) is 5.61. The molecule has 3 aromatic rings. The molecule has 0 aliphatic rings. The summed E-state index contributed by atoms with van der Waals surface area (Å²) < 4.78 is 5.45. The second-order valence-electron chi connectivity index (χ2n) is 6.60. The van der Waals surface area contributed by atoms with Crippen molar-refractivity contribution in [1.82, 2.24) is 0 Å². The highest BCUT2D eigenvalue weighted by Crippen LogP contribution is 2.23. The Hall–Kier alpha value is -3.40. The Kier molecular flexibility index (Phi) is 6.22. The number of aromatic carboxylic acids is 1. The lowest BCUT2D eigenvalue weighted by molar-refractivity contribution is 0.0694. The fraction of sp³-hybridized carbons (Fsp3) is 0.167. The first-order valence-corrected chi connectivity index (χ1v) is 9.31. The topological polar surface area (TPSA) is 63.6 Å². The van der Waals surface area contributed by atoms with Crippen LogP contribution in [0.2, 0.25) is 0 Å². The molecule has 0 bridgehead atoms. The van der Waals surface area contributed by atoms with Crippen LogP contribution in [0.4, 0.5) is 0 Å². The molecule has 0 spiro atoms. The quantitative estimate of drug-likeness (QED) is 0.431. The zero-order valence-corrected chi connectivity index (χ0v) is 15.7. The van der Waals surface area contributed by atoms with E-state index >= 15 is 0 Å². The minimum Gasteiger partial charge on any atom is -0.478 e. The van der Waals surface area contributed by atoms with Gasteiger partial charge in [0, 0.05) is 0 Å². The molecule has 0 saturated carbocycles. The van der Waals surface area contributed by atoms with Gasteiger partial charge in [0.05, 0.1) is 11.1 Å². The van der Waals surface area contributed by atoms with E-state index in [9.17, 15) is 9.59 Å². The minimum absolute atomic E-state index is 0.245. The van der Waals surface area contributed by atoms with Crippen LogP contribution in [0.1, 0.15) is 46.0 Å². The summed E-state index contributed by atoms with van der Waals surface area (Å²) in [7, 11) is 0. The van der Waals surface area contributed by atoms with E-state index in [1.807, 2.05) is 24.3 Å². The van der Waals surface area contributed by atoms with Crippen molar-refractivity contribution in [2.45, 2.75) is 26.2 Å². The number of unbranched alkanes of at least 4 members (excludes halogenated alkanes) is 1. The number of rotatable bonds is 7. The summed E-state index contributed by atoms with van der Waals surface area (Å²) in [5.74, 6) is -0.876. The van der Waals surface area contributed by atoms with Crippen LogP contribution in [-0.2, 0) is 6.42 Å². The molecule has 28 heavy (non-hydrogen) atoms. The van der Waals surface area contributed by atoms with E-state index in [0.717, 1.165) is 30.4 Å². The minimum atomic E-state index is -0.952. The Labute approximate surface area is 164 Å². The van der Waals surface area contributed by atoms with Gasteiger partial charge in [0.15, 0.2) is 0 Å². The molecule has 0 fully saturated rings. The van der Waals surface area contributed by atoms with Crippen molar-refractivity contribution in [1.29, 1.82) is 0 Å². The first-order valence-electron chi connectivity index (χ1n) is 9.31. The van der Waals surface area contributed by atoms with E-state index in [0.29, 0.717) is 11.3 Å². The molecule has 142 valence electrons. The van der Waals surface area contributed by atoms with Crippen molar-refractivity contribution in [3.8, 4) is 16.9 Å². The summed E-state index contributed by atoms with van der Waals surface area (Å²) in [4.78, 5) is 23.2. The number of hydrogen-bond acceptors (Lipinski definition) is 3. The van der Waals surface area contributed by atoms with E-state index in [4.69, 9.17) is 9.84 Å². The Morgan fingerprint density at radius 3 is 1.86 bits per heavy atom. The van der Waals surface area contributed by atoms with Gasteiger partial charge < -0.3 is 9.84 Å². The Bertz CT molecular complexity index is 939. The van der Waals surface area contributed by atoms with Crippen LogP contribution in [0.3, 0.4) is 0 Å². The van der Waals surface area contributed by atoms with Gasteiger partial charge in [-0.25, -0.2) is 9.59 Å². The van der Waals surface area contributed by atoms with Crippen molar-refractivity contribution in [3.05, 3.63) is 89.5 Å². The average Bonchev–Trinajstić information content (AvgIpc) is 2.73. The average molecular weight is 374 g/mol. The fourth-order valence-corrected chi connectivity index (χ4v) is 2.88. The second kappa shape index (κ2) is 9.00. The van der Waals surface area contributed by atoms with Crippen molar-refractivity contribution in [3.63, 3.8) is 0 Å². The molecular weight excluding hydrogens is 352 g/mol. The number of carbonyl (C=O) groups is 2. The zero-order valence-electron chi connectivity index (χ0n) is 15.7. The summed E-state index contributed by atoms with van der Waals surface area (Å²) in [6, 6.07) is 21.3. The molecule has 0 heterocycles. The molecule has 0 atom stereocenters. The van der Waals surface area contributed by atoms with Gasteiger partial charge in [-0.15, -0.1) is 0 Å². The van der Waals surface area contributed by atoms with Gasteiger partial charge in [0.1, 0.15) is 5.75 Å². The first kappa shape index (κ1) is 19.4. The number of carboxylic acid groups (broad SMARTS) is 1. The largest absolute Gasteiger partial charge is 0.478 e. The lowest BCUT2D eigenvalue weighted by Crippen LogP contribution is -2.08. The Morgan fingerprint density at radius 1 is 0.786 bits per heavy atom. The van der Waals surface area contributed by atoms with E-state index in [2.05, 4.69) is 6.92 Å². The molecule has 3 aromatic carbocycles. The van der Waals surface area contributed by atoms with Gasteiger partial charge in [-0.1, -0.05) is 49.7 Å². The molecule has 4 heteroatoms. The van der Waals surface area contributed by atoms with Crippen LogP contribution < -0.4 is 4.74 Å². The number of benzene rings is 3. The standard InChI is InChI=1S/C24H22O4/c1-2-3-4-17-5-7-21(8-6-17)24(27)28-22-15-13-19(14-16-22)18-9-11-20(12-10-18)23(25)26/h5-16H,2-4H2,1H3,(H,25,26). The van der Waals surface area contributed by atoms with Gasteiger partial charge in [-0.3, -0.25) is 0 Å². The molecule has 0 amide bonds. The zero-order chi connectivity index (χ0) is 19.9. The lowest BCUT2D eigenvalue weighted by Gasteiger charge is -2.07. The molecule has 1 N–H and O–H groups in total. The third kappa shape index (κ3) is 4.86.